The number of hydrogen-bond donors (Lipinski definition) is 1. The second-order valence-electron chi connectivity index (χ2n) is 7.83. The molecule has 7 heteroatoms. The molecule has 0 radical (unpaired) electrons. The van der Waals surface area contributed by atoms with E-state index in [0.717, 1.165) is 5.56 Å². The Morgan fingerprint density at radius 1 is 1.00 bits per heavy atom. The van der Waals surface area contributed by atoms with Crippen molar-refractivity contribution in [1.29, 1.82) is 0 Å². The molecule has 5 nitrogen and oxygen atoms in total. The Morgan fingerprint density at radius 3 is 2.35 bits per heavy atom. The molecule has 1 amide bonds. The molecule has 1 aliphatic heterocycles. The number of thiazole rings is 1. The van der Waals surface area contributed by atoms with Crippen molar-refractivity contribution >= 4 is 29.0 Å². The molecule has 0 fully saturated rings. The highest BCUT2D eigenvalue weighted by molar-refractivity contribution is 7.07. The van der Waals surface area contributed by atoms with Crippen LogP contribution >= 0.6 is 11.3 Å². The number of halogens is 1. The number of nitrogens with one attached hydrogen (secondary N) is 1. The van der Waals surface area contributed by atoms with Gasteiger partial charge < -0.3 is 5.32 Å². The molecular weight excluding hydrogens is 449 g/mol. The Morgan fingerprint density at radius 2 is 1.65 bits per heavy atom. The van der Waals surface area contributed by atoms with E-state index in [4.69, 9.17) is 0 Å². The summed E-state index contributed by atoms with van der Waals surface area (Å²) in [5.74, 6) is -0.739. The highest BCUT2D eigenvalue weighted by atomic mass is 32.1. The Balaban J connectivity index is 1.68. The van der Waals surface area contributed by atoms with Crippen LogP contribution in [0.4, 0.5) is 10.1 Å². The van der Waals surface area contributed by atoms with Gasteiger partial charge in [-0.3, -0.25) is 14.2 Å². The Hall–Kier alpha value is -4.10. The van der Waals surface area contributed by atoms with Crippen molar-refractivity contribution in [1.82, 2.24) is 4.57 Å². The van der Waals surface area contributed by atoms with E-state index >= 15 is 0 Å². The molecule has 0 bridgehead atoms. The number of carbonyl (C=O) groups excluding carboxylic acids is 1. The minimum absolute atomic E-state index is 0.321. The highest BCUT2D eigenvalue weighted by Crippen LogP contribution is 2.30. The van der Waals surface area contributed by atoms with Gasteiger partial charge in [-0.15, -0.1) is 0 Å². The summed E-state index contributed by atoms with van der Waals surface area (Å²) in [7, 11) is 0. The van der Waals surface area contributed by atoms with Gasteiger partial charge >= 0.3 is 0 Å². The summed E-state index contributed by atoms with van der Waals surface area (Å²) in [5.41, 5.74) is 2.35. The van der Waals surface area contributed by atoms with Gasteiger partial charge in [-0.1, -0.05) is 78.1 Å². The standard InChI is InChI=1S/C27H20FN3O2S/c1-17-23(25(32)30-20-13-6-3-7-14-20)24(18-10-4-2-5-11-18)31-26(33)22(34-27(31)29-17)16-19-12-8-9-15-21(19)28/h2-16,24H,1H3,(H,30,32)/t24-/m1/s1. The lowest BCUT2D eigenvalue weighted by Crippen LogP contribution is -2.40. The monoisotopic (exact) mass is 469 g/mol. The van der Waals surface area contributed by atoms with Crippen LogP contribution in [-0.4, -0.2) is 10.5 Å². The van der Waals surface area contributed by atoms with Gasteiger partial charge in [-0.25, -0.2) is 9.38 Å². The lowest BCUT2D eigenvalue weighted by molar-refractivity contribution is -0.113. The van der Waals surface area contributed by atoms with E-state index in [1.807, 2.05) is 48.5 Å². The number of anilines is 1. The normalized spacial score (nSPS) is 15.6. The van der Waals surface area contributed by atoms with Gasteiger partial charge in [-0.2, -0.15) is 0 Å². The third-order valence-electron chi connectivity index (χ3n) is 5.61. The maximum atomic E-state index is 14.2. The first-order valence-corrected chi connectivity index (χ1v) is 11.5. The first-order chi connectivity index (χ1) is 16.5. The number of nitrogens with zero attached hydrogens (tertiary/aromatic N) is 2. The predicted molar refractivity (Wildman–Crippen MR) is 132 cm³/mol. The second-order valence-corrected chi connectivity index (χ2v) is 8.84. The van der Waals surface area contributed by atoms with Crippen LogP contribution in [0.25, 0.3) is 6.08 Å². The zero-order valence-electron chi connectivity index (χ0n) is 18.2. The van der Waals surface area contributed by atoms with Gasteiger partial charge in [0, 0.05) is 11.3 Å². The summed E-state index contributed by atoms with van der Waals surface area (Å²) in [5, 5.41) is 2.92. The van der Waals surface area contributed by atoms with Gasteiger partial charge in [0.05, 0.1) is 21.8 Å². The summed E-state index contributed by atoms with van der Waals surface area (Å²) in [6.07, 6.45) is 1.53. The van der Waals surface area contributed by atoms with Crippen molar-refractivity contribution in [3.8, 4) is 0 Å². The molecule has 5 rings (SSSR count). The van der Waals surface area contributed by atoms with E-state index in [1.165, 1.54) is 28.0 Å². The number of allylic oxidation sites excluding steroid dienone is 1. The molecule has 0 spiro atoms. The molecule has 0 unspecified atom stereocenters. The van der Waals surface area contributed by atoms with Crippen molar-refractivity contribution in [3.63, 3.8) is 0 Å². The van der Waals surface area contributed by atoms with Crippen LogP contribution in [0, 0.1) is 5.82 Å². The maximum Gasteiger partial charge on any atom is 0.271 e. The maximum absolute atomic E-state index is 14.2. The molecule has 3 aromatic carbocycles. The summed E-state index contributed by atoms with van der Waals surface area (Å²) < 4.78 is 16.1. The number of benzene rings is 3. The molecule has 0 aliphatic carbocycles. The third-order valence-corrected chi connectivity index (χ3v) is 6.59. The summed E-state index contributed by atoms with van der Waals surface area (Å²) in [6, 6.07) is 24.1. The van der Waals surface area contributed by atoms with Gasteiger partial charge in [0.2, 0.25) is 0 Å². The van der Waals surface area contributed by atoms with E-state index < -0.39 is 11.9 Å². The molecule has 4 aromatic rings. The largest absolute Gasteiger partial charge is 0.322 e. The zero-order chi connectivity index (χ0) is 23.7. The van der Waals surface area contributed by atoms with Crippen LogP contribution in [0.1, 0.15) is 24.1 Å². The Kier molecular flexibility index (Phi) is 5.77. The quantitative estimate of drug-likeness (QED) is 0.491. The fourth-order valence-electron chi connectivity index (χ4n) is 4.02. The van der Waals surface area contributed by atoms with Crippen LogP contribution in [0.15, 0.2) is 106 Å². The first-order valence-electron chi connectivity index (χ1n) is 10.7. The topological polar surface area (TPSA) is 63.5 Å². The minimum atomic E-state index is -0.663. The predicted octanol–water partition coefficient (Wildman–Crippen LogP) is 4.01. The van der Waals surface area contributed by atoms with Crippen LogP contribution in [-0.2, 0) is 4.79 Å². The molecule has 1 atom stereocenters. The van der Waals surface area contributed by atoms with E-state index in [2.05, 4.69) is 10.3 Å². The molecule has 1 aliphatic rings. The molecule has 34 heavy (non-hydrogen) atoms. The molecule has 0 saturated heterocycles. The number of hydrogen-bond acceptors (Lipinski definition) is 4. The van der Waals surface area contributed by atoms with E-state index in [1.54, 1.807) is 37.3 Å². The van der Waals surface area contributed by atoms with Crippen LogP contribution < -0.4 is 20.2 Å². The van der Waals surface area contributed by atoms with Crippen molar-refractivity contribution < 1.29 is 9.18 Å². The number of rotatable bonds is 4. The lowest BCUT2D eigenvalue weighted by Gasteiger charge is -2.25. The minimum Gasteiger partial charge on any atom is -0.322 e. The van der Waals surface area contributed by atoms with Gasteiger partial charge in [0.1, 0.15) is 5.82 Å². The molecule has 2 heterocycles. The number of fused-ring (bicyclic) bond motifs is 1. The molecule has 0 saturated carbocycles. The number of carbonyl (C=O) groups is 1. The SMILES string of the molecule is CC1=C(C(=O)Nc2ccccc2)[C@@H](c2ccccc2)n2c(sc(=Cc3ccccc3F)c2=O)=N1. The summed E-state index contributed by atoms with van der Waals surface area (Å²) >= 11 is 1.18. The van der Waals surface area contributed by atoms with Crippen molar-refractivity contribution in [2.45, 2.75) is 13.0 Å². The smallest absolute Gasteiger partial charge is 0.271 e. The fraction of sp³-hybridized carbons (Fsp3) is 0.0741. The number of aromatic nitrogens is 1. The van der Waals surface area contributed by atoms with Crippen LogP contribution in [0.5, 0.6) is 0 Å². The van der Waals surface area contributed by atoms with Gasteiger partial charge in [0.25, 0.3) is 11.5 Å². The number of amides is 1. The van der Waals surface area contributed by atoms with Crippen LogP contribution in [0.2, 0.25) is 0 Å². The number of para-hydroxylation sites is 1. The lowest BCUT2D eigenvalue weighted by atomic mass is 9.95. The summed E-state index contributed by atoms with van der Waals surface area (Å²) in [4.78, 5) is 32.0. The molecular formula is C27H20FN3O2S. The van der Waals surface area contributed by atoms with Crippen LogP contribution in [0.3, 0.4) is 0 Å². The Labute approximate surface area is 198 Å². The molecule has 1 N–H and O–H groups in total. The van der Waals surface area contributed by atoms with Crippen molar-refractivity contribution in [2.75, 3.05) is 5.32 Å². The third kappa shape index (κ3) is 4.02. The molecule has 168 valence electrons. The van der Waals surface area contributed by atoms with Crippen molar-refractivity contribution in [2.24, 2.45) is 4.99 Å². The average molecular weight is 470 g/mol. The fourth-order valence-corrected chi connectivity index (χ4v) is 5.05. The Bertz CT molecular complexity index is 1590. The highest BCUT2D eigenvalue weighted by Gasteiger charge is 2.32. The second kappa shape index (κ2) is 9.03. The summed E-state index contributed by atoms with van der Waals surface area (Å²) in [6.45, 7) is 1.77. The zero-order valence-corrected chi connectivity index (χ0v) is 19.1. The van der Waals surface area contributed by atoms with E-state index in [-0.39, 0.29) is 11.5 Å². The molecule has 1 aromatic heterocycles. The first kappa shape index (κ1) is 21.7. The van der Waals surface area contributed by atoms with Gasteiger partial charge in [-0.05, 0) is 36.8 Å². The van der Waals surface area contributed by atoms with E-state index in [9.17, 15) is 14.0 Å². The van der Waals surface area contributed by atoms with Gasteiger partial charge in [0.15, 0.2) is 4.80 Å². The van der Waals surface area contributed by atoms with Crippen molar-refractivity contribution in [3.05, 3.63) is 133 Å². The van der Waals surface area contributed by atoms with E-state index in [0.29, 0.717) is 31.9 Å². The average Bonchev–Trinajstić information content (AvgIpc) is 3.15.